The van der Waals surface area contributed by atoms with Crippen molar-refractivity contribution in [1.29, 1.82) is 0 Å². The number of benzene rings is 1. The van der Waals surface area contributed by atoms with Crippen molar-refractivity contribution in [1.82, 2.24) is 25.3 Å². The predicted octanol–water partition coefficient (Wildman–Crippen LogP) is 2.81. The third kappa shape index (κ3) is 5.73. The molecule has 1 aliphatic rings. The van der Waals surface area contributed by atoms with Crippen LogP contribution in [0.15, 0.2) is 41.5 Å². The third-order valence-corrected chi connectivity index (χ3v) is 5.54. The topological polar surface area (TPSA) is 66.7 Å². The largest absolute Gasteiger partial charge is 0.497 e. The number of piperidine rings is 1. The molecule has 0 aliphatic carbocycles. The second-order valence-corrected chi connectivity index (χ2v) is 8.09. The van der Waals surface area contributed by atoms with E-state index in [1.54, 1.807) is 14.2 Å². The molecule has 158 valence electrons. The van der Waals surface area contributed by atoms with E-state index in [-0.39, 0.29) is 5.54 Å². The van der Waals surface area contributed by atoms with Crippen molar-refractivity contribution in [3.63, 3.8) is 0 Å². The molecule has 7 heteroatoms. The smallest absolute Gasteiger partial charge is 0.191 e. The second-order valence-electron chi connectivity index (χ2n) is 8.09. The van der Waals surface area contributed by atoms with Gasteiger partial charge in [-0.2, -0.15) is 5.10 Å². The van der Waals surface area contributed by atoms with Crippen LogP contribution in [0.3, 0.4) is 0 Å². The van der Waals surface area contributed by atoms with Gasteiger partial charge in [-0.1, -0.05) is 6.42 Å². The van der Waals surface area contributed by atoms with Gasteiger partial charge in [-0.15, -0.1) is 0 Å². The Morgan fingerprint density at radius 3 is 2.48 bits per heavy atom. The third-order valence-electron chi connectivity index (χ3n) is 5.54. The quantitative estimate of drug-likeness (QED) is 0.555. The zero-order valence-electron chi connectivity index (χ0n) is 18.1. The summed E-state index contributed by atoms with van der Waals surface area (Å²) < 4.78 is 7.08. The van der Waals surface area contributed by atoms with Gasteiger partial charge in [0.15, 0.2) is 5.96 Å². The summed E-state index contributed by atoms with van der Waals surface area (Å²) in [6.07, 6.45) is 5.92. The Kier molecular flexibility index (Phi) is 7.14. The molecule has 1 aliphatic heterocycles. The van der Waals surface area contributed by atoms with Crippen LogP contribution in [0.4, 0.5) is 0 Å². The molecule has 0 unspecified atom stereocenters. The molecule has 0 spiro atoms. The number of aliphatic imine (C=N–C) groups is 1. The SMILES string of the molecule is CN=C(NCc1ccn(-c2ccc(OC)cc2)n1)NCC(C)(C)N1CCCCC1. The summed E-state index contributed by atoms with van der Waals surface area (Å²) in [5.41, 5.74) is 2.07. The van der Waals surface area contributed by atoms with E-state index in [1.807, 2.05) is 41.2 Å². The Bertz CT molecular complexity index is 790. The van der Waals surface area contributed by atoms with Crippen molar-refractivity contribution >= 4 is 5.96 Å². The van der Waals surface area contributed by atoms with E-state index in [4.69, 9.17) is 4.74 Å². The van der Waals surface area contributed by atoms with E-state index < -0.39 is 0 Å². The fourth-order valence-electron chi connectivity index (χ4n) is 3.64. The summed E-state index contributed by atoms with van der Waals surface area (Å²) in [6, 6.07) is 9.87. The molecule has 2 heterocycles. The summed E-state index contributed by atoms with van der Waals surface area (Å²) in [7, 11) is 3.47. The van der Waals surface area contributed by atoms with Crippen molar-refractivity contribution in [3.05, 3.63) is 42.2 Å². The molecule has 1 saturated heterocycles. The molecular weight excluding hydrogens is 364 g/mol. The van der Waals surface area contributed by atoms with Gasteiger partial charge in [-0.3, -0.25) is 9.89 Å². The van der Waals surface area contributed by atoms with Crippen LogP contribution >= 0.6 is 0 Å². The normalized spacial score (nSPS) is 15.9. The fraction of sp³-hybridized carbons (Fsp3) is 0.545. The summed E-state index contributed by atoms with van der Waals surface area (Å²) in [5, 5.41) is 11.5. The van der Waals surface area contributed by atoms with E-state index in [2.05, 4.69) is 39.5 Å². The molecule has 0 atom stereocenters. The van der Waals surface area contributed by atoms with Crippen LogP contribution in [-0.4, -0.2) is 60.0 Å². The fourth-order valence-corrected chi connectivity index (χ4v) is 3.64. The molecule has 0 saturated carbocycles. The molecule has 7 nitrogen and oxygen atoms in total. The summed E-state index contributed by atoms with van der Waals surface area (Å²) in [5.74, 6) is 1.64. The number of methoxy groups -OCH3 is 1. The van der Waals surface area contributed by atoms with Crippen molar-refractivity contribution in [2.75, 3.05) is 33.8 Å². The highest BCUT2D eigenvalue weighted by Gasteiger charge is 2.27. The molecule has 2 N–H and O–H groups in total. The van der Waals surface area contributed by atoms with E-state index >= 15 is 0 Å². The van der Waals surface area contributed by atoms with Gasteiger partial charge in [-0.25, -0.2) is 4.68 Å². The van der Waals surface area contributed by atoms with Crippen LogP contribution in [0.5, 0.6) is 5.75 Å². The van der Waals surface area contributed by atoms with Crippen molar-refractivity contribution < 1.29 is 4.74 Å². The van der Waals surface area contributed by atoms with Gasteiger partial charge in [-0.05, 0) is 70.1 Å². The van der Waals surface area contributed by atoms with Crippen molar-refractivity contribution in [2.45, 2.75) is 45.2 Å². The average molecular weight is 399 g/mol. The number of nitrogens with zero attached hydrogens (tertiary/aromatic N) is 4. The molecule has 2 aromatic rings. The Hall–Kier alpha value is -2.54. The van der Waals surface area contributed by atoms with Crippen LogP contribution < -0.4 is 15.4 Å². The zero-order valence-corrected chi connectivity index (χ0v) is 18.1. The van der Waals surface area contributed by atoms with Crippen LogP contribution in [0.25, 0.3) is 5.69 Å². The number of likely N-dealkylation sites (tertiary alicyclic amines) is 1. The van der Waals surface area contributed by atoms with Gasteiger partial charge in [0.2, 0.25) is 0 Å². The molecule has 0 bridgehead atoms. The number of aromatic nitrogens is 2. The first kappa shape index (κ1) is 21.2. The van der Waals surface area contributed by atoms with Crippen molar-refractivity contribution in [2.24, 2.45) is 4.99 Å². The number of nitrogens with one attached hydrogen (secondary N) is 2. The van der Waals surface area contributed by atoms with Crippen molar-refractivity contribution in [3.8, 4) is 11.4 Å². The van der Waals surface area contributed by atoms with Gasteiger partial charge in [0.25, 0.3) is 0 Å². The molecule has 1 aromatic carbocycles. The van der Waals surface area contributed by atoms with Gasteiger partial charge in [0.05, 0.1) is 25.0 Å². The average Bonchev–Trinajstić information content (AvgIpc) is 3.23. The first-order valence-electron chi connectivity index (χ1n) is 10.4. The second kappa shape index (κ2) is 9.78. The summed E-state index contributed by atoms with van der Waals surface area (Å²) >= 11 is 0. The van der Waals surface area contributed by atoms with E-state index in [0.29, 0.717) is 6.54 Å². The Morgan fingerprint density at radius 1 is 1.10 bits per heavy atom. The number of ether oxygens (including phenoxy) is 1. The minimum atomic E-state index is 0.105. The molecule has 29 heavy (non-hydrogen) atoms. The molecule has 1 fully saturated rings. The van der Waals surface area contributed by atoms with E-state index in [0.717, 1.165) is 29.6 Å². The Balaban J connectivity index is 1.51. The lowest BCUT2D eigenvalue weighted by Gasteiger charge is -2.41. The van der Waals surface area contributed by atoms with Crippen LogP contribution in [0.1, 0.15) is 38.8 Å². The molecular formula is C22H34N6O. The molecule has 3 rings (SSSR count). The maximum absolute atomic E-state index is 5.21. The van der Waals surface area contributed by atoms with Crippen LogP contribution in [0, 0.1) is 0 Å². The van der Waals surface area contributed by atoms with Crippen LogP contribution in [-0.2, 0) is 6.54 Å². The lowest BCUT2D eigenvalue weighted by Crippen LogP contribution is -2.54. The number of rotatable bonds is 7. The van der Waals surface area contributed by atoms with E-state index in [9.17, 15) is 0 Å². The first-order valence-corrected chi connectivity index (χ1v) is 10.4. The van der Waals surface area contributed by atoms with Gasteiger partial charge in [0.1, 0.15) is 5.75 Å². The minimum Gasteiger partial charge on any atom is -0.497 e. The number of hydrogen-bond donors (Lipinski definition) is 2. The number of guanidine groups is 1. The molecule has 1 aromatic heterocycles. The predicted molar refractivity (Wildman–Crippen MR) is 118 cm³/mol. The maximum atomic E-state index is 5.21. The van der Waals surface area contributed by atoms with Gasteiger partial charge in [0, 0.05) is 25.3 Å². The Morgan fingerprint density at radius 2 is 1.83 bits per heavy atom. The van der Waals surface area contributed by atoms with Crippen LogP contribution in [0.2, 0.25) is 0 Å². The standard InChI is InChI=1S/C22H34N6O/c1-22(2,27-13-6-5-7-14-27)17-25-21(23-3)24-16-18-12-15-28(26-18)19-8-10-20(29-4)11-9-19/h8-12,15H,5-7,13-14,16-17H2,1-4H3,(H2,23,24,25). The highest BCUT2D eigenvalue weighted by atomic mass is 16.5. The number of hydrogen-bond acceptors (Lipinski definition) is 4. The minimum absolute atomic E-state index is 0.105. The van der Waals surface area contributed by atoms with E-state index in [1.165, 1.54) is 32.4 Å². The summed E-state index contributed by atoms with van der Waals surface area (Å²) in [6.45, 7) is 8.44. The van der Waals surface area contributed by atoms with Gasteiger partial charge < -0.3 is 15.4 Å². The Labute approximate surface area is 174 Å². The first-order chi connectivity index (χ1) is 14.0. The molecule has 0 amide bonds. The monoisotopic (exact) mass is 398 g/mol. The van der Waals surface area contributed by atoms with Gasteiger partial charge >= 0.3 is 0 Å². The lowest BCUT2D eigenvalue weighted by atomic mass is 9.98. The lowest BCUT2D eigenvalue weighted by molar-refractivity contribution is 0.0982. The highest BCUT2D eigenvalue weighted by Crippen LogP contribution is 2.19. The summed E-state index contributed by atoms with van der Waals surface area (Å²) in [4.78, 5) is 6.94. The highest BCUT2D eigenvalue weighted by molar-refractivity contribution is 5.79. The maximum Gasteiger partial charge on any atom is 0.191 e. The zero-order chi connectivity index (χ0) is 20.7. The molecule has 0 radical (unpaired) electrons.